The van der Waals surface area contributed by atoms with Gasteiger partial charge < -0.3 is 0 Å². The molecule has 2 aromatic rings. The van der Waals surface area contributed by atoms with E-state index in [1.807, 2.05) is 18.2 Å². The molecule has 0 spiro atoms. The van der Waals surface area contributed by atoms with Crippen molar-refractivity contribution in [1.29, 1.82) is 0 Å². The van der Waals surface area contributed by atoms with Crippen LogP contribution in [-0.2, 0) is 0 Å². The van der Waals surface area contributed by atoms with Gasteiger partial charge in [-0.3, -0.25) is 4.98 Å². The molecule has 88 valence electrons. The quantitative estimate of drug-likeness (QED) is 0.734. The highest BCUT2D eigenvalue weighted by molar-refractivity contribution is 6.35. The molecule has 1 nitrogen and oxygen atoms in total. The Bertz CT molecular complexity index is 575. The first-order valence-electron chi connectivity index (χ1n) is 5.47. The van der Waals surface area contributed by atoms with Gasteiger partial charge in [0.05, 0.1) is 10.5 Å². The third-order valence-corrected chi connectivity index (χ3v) is 3.60. The van der Waals surface area contributed by atoms with Crippen LogP contribution >= 0.6 is 11.6 Å². The molecule has 0 bridgehead atoms. The molecule has 0 N–H and O–H groups in total. The van der Waals surface area contributed by atoms with Gasteiger partial charge in [-0.2, -0.15) is 0 Å². The van der Waals surface area contributed by atoms with Gasteiger partial charge in [0, 0.05) is 24.4 Å². The number of hydrogen-bond acceptors (Lipinski definition) is 1. The smallest absolute Gasteiger partial charge is 0.249 e. The SMILES string of the molecule is FC1(F)CC(c2ccc3nccc(Cl)c3c2)C1. The van der Waals surface area contributed by atoms with E-state index in [0.717, 1.165) is 16.5 Å². The fourth-order valence-corrected chi connectivity index (χ4v) is 2.49. The molecular weight excluding hydrogens is 244 g/mol. The largest absolute Gasteiger partial charge is 0.256 e. The summed E-state index contributed by atoms with van der Waals surface area (Å²) in [6, 6.07) is 7.30. The molecule has 1 aromatic carbocycles. The van der Waals surface area contributed by atoms with Crippen LogP contribution in [0.5, 0.6) is 0 Å². The molecule has 0 radical (unpaired) electrons. The fraction of sp³-hybridized carbons (Fsp3) is 0.308. The zero-order valence-electron chi connectivity index (χ0n) is 8.96. The third kappa shape index (κ3) is 1.89. The maximum atomic E-state index is 12.8. The van der Waals surface area contributed by atoms with Crippen LogP contribution in [0.4, 0.5) is 8.78 Å². The lowest BCUT2D eigenvalue weighted by molar-refractivity contribution is -0.0867. The minimum Gasteiger partial charge on any atom is -0.256 e. The van der Waals surface area contributed by atoms with Crippen molar-refractivity contribution >= 4 is 22.5 Å². The van der Waals surface area contributed by atoms with Crippen LogP contribution in [-0.4, -0.2) is 10.9 Å². The van der Waals surface area contributed by atoms with E-state index >= 15 is 0 Å². The molecule has 17 heavy (non-hydrogen) atoms. The lowest BCUT2D eigenvalue weighted by atomic mass is 9.76. The van der Waals surface area contributed by atoms with E-state index in [9.17, 15) is 8.78 Å². The number of alkyl halides is 2. The Labute approximate surface area is 102 Å². The summed E-state index contributed by atoms with van der Waals surface area (Å²) in [5.41, 5.74) is 1.73. The van der Waals surface area contributed by atoms with E-state index in [-0.39, 0.29) is 18.8 Å². The zero-order chi connectivity index (χ0) is 12.0. The Hall–Kier alpha value is -1.22. The Morgan fingerprint density at radius 1 is 1.24 bits per heavy atom. The standard InChI is InChI=1S/C13H10ClF2N/c14-11-3-4-17-12-2-1-8(5-10(11)12)9-6-13(15,16)7-9/h1-5,9H,6-7H2. The minimum atomic E-state index is -2.49. The fourth-order valence-electron chi connectivity index (χ4n) is 2.28. The molecule has 1 fully saturated rings. The van der Waals surface area contributed by atoms with Gasteiger partial charge in [0.15, 0.2) is 0 Å². The van der Waals surface area contributed by atoms with Crippen molar-refractivity contribution in [2.45, 2.75) is 24.7 Å². The lowest BCUT2D eigenvalue weighted by Gasteiger charge is -2.35. The summed E-state index contributed by atoms with van der Waals surface area (Å²) in [6.07, 6.45) is 1.52. The monoisotopic (exact) mass is 253 g/mol. The van der Waals surface area contributed by atoms with Crippen molar-refractivity contribution in [1.82, 2.24) is 4.98 Å². The van der Waals surface area contributed by atoms with Gasteiger partial charge in [-0.05, 0) is 29.7 Å². The first-order valence-corrected chi connectivity index (χ1v) is 5.85. The molecule has 0 aliphatic heterocycles. The number of fused-ring (bicyclic) bond motifs is 1. The first-order chi connectivity index (χ1) is 8.05. The molecule has 0 atom stereocenters. The second kappa shape index (κ2) is 3.64. The van der Waals surface area contributed by atoms with Crippen LogP contribution < -0.4 is 0 Å². The number of halogens is 3. The van der Waals surface area contributed by atoms with Crippen LogP contribution in [0.3, 0.4) is 0 Å². The highest BCUT2D eigenvalue weighted by Gasteiger charge is 2.45. The maximum Gasteiger partial charge on any atom is 0.249 e. The zero-order valence-corrected chi connectivity index (χ0v) is 9.72. The van der Waals surface area contributed by atoms with Gasteiger partial charge in [0.25, 0.3) is 0 Å². The summed E-state index contributed by atoms with van der Waals surface area (Å²) in [6.45, 7) is 0. The van der Waals surface area contributed by atoms with Gasteiger partial charge in [0.1, 0.15) is 0 Å². The summed E-state index contributed by atoms with van der Waals surface area (Å²) < 4.78 is 25.7. The minimum absolute atomic E-state index is 0.0503. The molecule has 3 rings (SSSR count). The Morgan fingerprint density at radius 2 is 2.00 bits per heavy atom. The van der Waals surface area contributed by atoms with Gasteiger partial charge in [-0.1, -0.05) is 17.7 Å². The number of pyridine rings is 1. The number of nitrogens with zero attached hydrogens (tertiary/aromatic N) is 1. The van der Waals surface area contributed by atoms with E-state index in [4.69, 9.17) is 11.6 Å². The van der Waals surface area contributed by atoms with E-state index in [2.05, 4.69) is 4.98 Å². The molecule has 0 amide bonds. The second-order valence-electron chi connectivity index (χ2n) is 4.53. The van der Waals surface area contributed by atoms with E-state index in [0.29, 0.717) is 5.02 Å². The molecule has 1 heterocycles. The van der Waals surface area contributed by atoms with Crippen LogP contribution in [0.2, 0.25) is 5.02 Å². The maximum absolute atomic E-state index is 12.8. The predicted molar refractivity (Wildman–Crippen MR) is 63.7 cm³/mol. The highest BCUT2D eigenvalue weighted by Crippen LogP contribution is 2.48. The number of rotatable bonds is 1. The topological polar surface area (TPSA) is 12.9 Å². The average Bonchev–Trinajstić information content (AvgIpc) is 2.26. The molecular formula is C13H10ClF2N. The predicted octanol–water partition coefficient (Wildman–Crippen LogP) is 4.40. The van der Waals surface area contributed by atoms with E-state index < -0.39 is 5.92 Å². The van der Waals surface area contributed by atoms with E-state index in [1.54, 1.807) is 12.3 Å². The summed E-state index contributed by atoms with van der Waals surface area (Å²) >= 11 is 6.06. The second-order valence-corrected chi connectivity index (χ2v) is 4.94. The summed E-state index contributed by atoms with van der Waals surface area (Å²) in [7, 11) is 0. The summed E-state index contributed by atoms with van der Waals surface area (Å²) in [5, 5.41) is 1.45. The first kappa shape index (κ1) is 10.9. The molecule has 0 unspecified atom stereocenters. The van der Waals surface area contributed by atoms with Gasteiger partial charge in [-0.25, -0.2) is 8.78 Å². The van der Waals surface area contributed by atoms with Crippen LogP contribution in [0, 0.1) is 0 Å². The van der Waals surface area contributed by atoms with Crippen molar-refractivity contribution in [3.8, 4) is 0 Å². The Balaban J connectivity index is 2.00. The van der Waals surface area contributed by atoms with Gasteiger partial charge in [-0.15, -0.1) is 0 Å². The van der Waals surface area contributed by atoms with Crippen molar-refractivity contribution in [2.75, 3.05) is 0 Å². The number of benzene rings is 1. The van der Waals surface area contributed by atoms with Crippen molar-refractivity contribution in [3.63, 3.8) is 0 Å². The van der Waals surface area contributed by atoms with Crippen molar-refractivity contribution < 1.29 is 8.78 Å². The van der Waals surface area contributed by atoms with Crippen molar-refractivity contribution in [3.05, 3.63) is 41.0 Å². The Morgan fingerprint density at radius 3 is 2.71 bits per heavy atom. The molecule has 0 saturated heterocycles. The number of aromatic nitrogens is 1. The molecule has 1 aliphatic rings. The summed E-state index contributed by atoms with van der Waals surface area (Å²) in [5.74, 6) is -2.54. The van der Waals surface area contributed by atoms with Crippen LogP contribution in [0.25, 0.3) is 10.9 Å². The van der Waals surface area contributed by atoms with Gasteiger partial charge >= 0.3 is 0 Å². The van der Waals surface area contributed by atoms with E-state index in [1.165, 1.54) is 0 Å². The third-order valence-electron chi connectivity index (χ3n) is 3.27. The van der Waals surface area contributed by atoms with Gasteiger partial charge in [0.2, 0.25) is 5.92 Å². The molecule has 1 aliphatic carbocycles. The summed E-state index contributed by atoms with van der Waals surface area (Å²) in [4.78, 5) is 4.18. The Kier molecular flexibility index (Phi) is 2.33. The average molecular weight is 254 g/mol. The normalized spacial score (nSPS) is 19.2. The molecule has 4 heteroatoms. The highest BCUT2D eigenvalue weighted by atomic mass is 35.5. The molecule has 1 saturated carbocycles. The van der Waals surface area contributed by atoms with Crippen LogP contribution in [0.1, 0.15) is 24.3 Å². The molecule has 1 aromatic heterocycles. The van der Waals surface area contributed by atoms with Crippen LogP contribution in [0.15, 0.2) is 30.5 Å². The van der Waals surface area contributed by atoms with Crippen molar-refractivity contribution in [2.24, 2.45) is 0 Å². The lowest BCUT2D eigenvalue weighted by Crippen LogP contribution is -2.33. The number of hydrogen-bond donors (Lipinski definition) is 0.